The topological polar surface area (TPSA) is 21.3 Å². The molecule has 0 saturated heterocycles. The molecular weight excluding hydrogens is 277 g/mol. The summed E-state index contributed by atoms with van der Waals surface area (Å²) in [5.74, 6) is 0.619. The number of methoxy groups -OCH3 is 1. The molecule has 0 aliphatic carbocycles. The standard InChI is InChI=1S/C16H17ClFNO/c1-20-16-7-4-14(17)10-13(16)11-19-9-8-12-2-5-15(18)6-3-12/h2-7,10,19H,8-9,11H2,1H3. The molecule has 0 fully saturated rings. The molecule has 0 aliphatic heterocycles. The first kappa shape index (κ1) is 14.8. The second kappa shape index (κ2) is 7.27. The number of benzene rings is 2. The molecule has 106 valence electrons. The molecule has 2 aromatic carbocycles. The van der Waals surface area contributed by atoms with Crippen LogP contribution in [-0.4, -0.2) is 13.7 Å². The molecule has 1 N–H and O–H groups in total. The summed E-state index contributed by atoms with van der Waals surface area (Å²) in [5, 5.41) is 4.03. The zero-order valence-electron chi connectivity index (χ0n) is 11.3. The molecule has 0 amide bonds. The van der Waals surface area contributed by atoms with Crippen molar-refractivity contribution in [1.82, 2.24) is 5.32 Å². The van der Waals surface area contributed by atoms with E-state index >= 15 is 0 Å². The van der Waals surface area contributed by atoms with Crippen LogP contribution < -0.4 is 10.1 Å². The Morgan fingerprint density at radius 2 is 1.90 bits per heavy atom. The Bertz CT molecular complexity index is 557. The molecule has 20 heavy (non-hydrogen) atoms. The van der Waals surface area contributed by atoms with Crippen molar-refractivity contribution in [2.75, 3.05) is 13.7 Å². The molecule has 0 aromatic heterocycles. The van der Waals surface area contributed by atoms with Crippen molar-refractivity contribution in [2.24, 2.45) is 0 Å². The van der Waals surface area contributed by atoms with Crippen molar-refractivity contribution in [3.63, 3.8) is 0 Å². The lowest BCUT2D eigenvalue weighted by Crippen LogP contribution is -2.17. The van der Waals surface area contributed by atoms with Gasteiger partial charge in [0.2, 0.25) is 0 Å². The maximum atomic E-state index is 12.8. The third-order valence-electron chi connectivity index (χ3n) is 3.06. The van der Waals surface area contributed by atoms with Gasteiger partial charge >= 0.3 is 0 Å². The molecule has 2 nitrogen and oxygen atoms in total. The van der Waals surface area contributed by atoms with Gasteiger partial charge in [-0.15, -0.1) is 0 Å². The molecule has 4 heteroatoms. The van der Waals surface area contributed by atoms with Crippen LogP contribution in [0.3, 0.4) is 0 Å². The highest BCUT2D eigenvalue weighted by Gasteiger charge is 2.03. The highest BCUT2D eigenvalue weighted by molar-refractivity contribution is 6.30. The third-order valence-corrected chi connectivity index (χ3v) is 3.30. The van der Waals surface area contributed by atoms with Gasteiger partial charge in [-0.1, -0.05) is 23.7 Å². The SMILES string of the molecule is COc1ccc(Cl)cc1CNCCc1ccc(F)cc1. The fourth-order valence-electron chi connectivity index (χ4n) is 1.99. The minimum atomic E-state index is -0.203. The molecule has 0 aliphatic rings. The lowest BCUT2D eigenvalue weighted by atomic mass is 10.1. The summed E-state index contributed by atoms with van der Waals surface area (Å²) < 4.78 is 18.1. The Kier molecular flexibility index (Phi) is 5.39. The summed E-state index contributed by atoms with van der Waals surface area (Å²) in [6, 6.07) is 12.1. The fraction of sp³-hybridized carbons (Fsp3) is 0.250. The maximum absolute atomic E-state index is 12.8. The number of hydrogen-bond acceptors (Lipinski definition) is 2. The maximum Gasteiger partial charge on any atom is 0.123 e. The molecule has 2 aromatic rings. The van der Waals surface area contributed by atoms with E-state index in [1.807, 2.05) is 18.2 Å². The minimum absolute atomic E-state index is 0.203. The molecule has 2 rings (SSSR count). The Hall–Kier alpha value is -1.58. The van der Waals surface area contributed by atoms with Crippen LogP contribution in [0.2, 0.25) is 5.02 Å². The van der Waals surface area contributed by atoms with Crippen LogP contribution in [0.1, 0.15) is 11.1 Å². The Morgan fingerprint density at radius 1 is 1.15 bits per heavy atom. The van der Waals surface area contributed by atoms with Crippen LogP contribution >= 0.6 is 11.6 Å². The summed E-state index contributed by atoms with van der Waals surface area (Å²) in [4.78, 5) is 0. The van der Waals surface area contributed by atoms with Crippen LogP contribution in [0.15, 0.2) is 42.5 Å². The first-order valence-corrected chi connectivity index (χ1v) is 6.84. The van der Waals surface area contributed by atoms with E-state index in [1.54, 1.807) is 19.2 Å². The fourth-order valence-corrected chi connectivity index (χ4v) is 2.19. The molecule has 0 saturated carbocycles. The van der Waals surface area contributed by atoms with Gasteiger partial charge in [-0.25, -0.2) is 4.39 Å². The van der Waals surface area contributed by atoms with Gasteiger partial charge in [0.05, 0.1) is 7.11 Å². The number of nitrogens with one attached hydrogen (secondary N) is 1. The average molecular weight is 294 g/mol. The third kappa shape index (κ3) is 4.22. The van der Waals surface area contributed by atoms with E-state index in [4.69, 9.17) is 16.3 Å². The van der Waals surface area contributed by atoms with E-state index in [2.05, 4.69) is 5.32 Å². The van der Waals surface area contributed by atoms with E-state index in [0.717, 1.165) is 29.8 Å². The smallest absolute Gasteiger partial charge is 0.123 e. The van der Waals surface area contributed by atoms with E-state index in [9.17, 15) is 4.39 Å². The predicted molar refractivity (Wildman–Crippen MR) is 79.8 cm³/mol. The molecule has 0 heterocycles. The largest absolute Gasteiger partial charge is 0.496 e. The van der Waals surface area contributed by atoms with Crippen molar-refractivity contribution in [2.45, 2.75) is 13.0 Å². The zero-order chi connectivity index (χ0) is 14.4. The lowest BCUT2D eigenvalue weighted by Gasteiger charge is -2.10. The Labute approximate surface area is 123 Å². The average Bonchev–Trinajstić information content (AvgIpc) is 2.46. The molecule has 0 bridgehead atoms. The molecular formula is C16H17ClFNO. The molecule has 0 unspecified atom stereocenters. The van der Waals surface area contributed by atoms with Crippen molar-refractivity contribution in [3.8, 4) is 5.75 Å². The van der Waals surface area contributed by atoms with Crippen LogP contribution in [0.4, 0.5) is 4.39 Å². The number of halogens is 2. The summed E-state index contributed by atoms with van der Waals surface area (Å²) in [7, 11) is 1.64. The summed E-state index contributed by atoms with van der Waals surface area (Å²) in [6.07, 6.45) is 0.850. The monoisotopic (exact) mass is 293 g/mol. The first-order valence-electron chi connectivity index (χ1n) is 6.46. The zero-order valence-corrected chi connectivity index (χ0v) is 12.1. The quantitative estimate of drug-likeness (QED) is 0.818. The van der Waals surface area contributed by atoms with Crippen LogP contribution in [-0.2, 0) is 13.0 Å². The lowest BCUT2D eigenvalue weighted by molar-refractivity contribution is 0.408. The van der Waals surface area contributed by atoms with Gasteiger partial charge in [-0.2, -0.15) is 0 Å². The van der Waals surface area contributed by atoms with Crippen LogP contribution in [0.5, 0.6) is 5.75 Å². The summed E-state index contributed by atoms with van der Waals surface area (Å²) in [6.45, 7) is 1.49. The van der Waals surface area contributed by atoms with E-state index in [0.29, 0.717) is 11.6 Å². The van der Waals surface area contributed by atoms with Crippen LogP contribution in [0.25, 0.3) is 0 Å². The summed E-state index contributed by atoms with van der Waals surface area (Å²) in [5.41, 5.74) is 2.14. The van der Waals surface area contributed by atoms with Gasteiger partial charge in [-0.05, 0) is 48.9 Å². The van der Waals surface area contributed by atoms with Gasteiger partial charge in [0.1, 0.15) is 11.6 Å². The molecule has 0 atom stereocenters. The first-order chi connectivity index (χ1) is 9.69. The van der Waals surface area contributed by atoms with Crippen molar-refractivity contribution in [1.29, 1.82) is 0 Å². The van der Waals surface area contributed by atoms with Gasteiger partial charge in [-0.3, -0.25) is 0 Å². The van der Waals surface area contributed by atoms with Gasteiger partial charge in [0, 0.05) is 17.1 Å². The number of rotatable bonds is 6. The van der Waals surface area contributed by atoms with E-state index in [-0.39, 0.29) is 5.82 Å². The Balaban J connectivity index is 1.84. The normalized spacial score (nSPS) is 10.6. The number of hydrogen-bond donors (Lipinski definition) is 1. The second-order valence-electron chi connectivity index (χ2n) is 4.51. The minimum Gasteiger partial charge on any atom is -0.496 e. The van der Waals surface area contributed by atoms with Crippen LogP contribution in [0, 0.1) is 5.82 Å². The van der Waals surface area contributed by atoms with Crippen molar-refractivity contribution >= 4 is 11.6 Å². The summed E-state index contributed by atoms with van der Waals surface area (Å²) >= 11 is 5.98. The predicted octanol–water partition coefficient (Wildman–Crippen LogP) is 3.82. The second-order valence-corrected chi connectivity index (χ2v) is 4.95. The van der Waals surface area contributed by atoms with Gasteiger partial charge in [0.25, 0.3) is 0 Å². The highest BCUT2D eigenvalue weighted by atomic mass is 35.5. The van der Waals surface area contributed by atoms with E-state index < -0.39 is 0 Å². The Morgan fingerprint density at radius 3 is 2.60 bits per heavy atom. The van der Waals surface area contributed by atoms with Crippen molar-refractivity contribution < 1.29 is 9.13 Å². The molecule has 0 spiro atoms. The van der Waals surface area contributed by atoms with Gasteiger partial charge in [0.15, 0.2) is 0 Å². The van der Waals surface area contributed by atoms with Crippen molar-refractivity contribution in [3.05, 3.63) is 64.4 Å². The van der Waals surface area contributed by atoms with Gasteiger partial charge < -0.3 is 10.1 Å². The molecule has 0 radical (unpaired) electrons. The number of ether oxygens (including phenoxy) is 1. The van der Waals surface area contributed by atoms with E-state index in [1.165, 1.54) is 12.1 Å². The highest BCUT2D eigenvalue weighted by Crippen LogP contribution is 2.22.